The predicted octanol–water partition coefficient (Wildman–Crippen LogP) is 1.14. The summed E-state index contributed by atoms with van der Waals surface area (Å²) in [5, 5.41) is 9.40. The van der Waals surface area contributed by atoms with Crippen LogP contribution in [0.2, 0.25) is 0 Å². The minimum atomic E-state index is -3.44. The van der Waals surface area contributed by atoms with Gasteiger partial charge in [-0.05, 0) is 39.2 Å². The SMILES string of the molecule is CCN(CCN(C)C)c1ccc(NS(C)(=O)=O)cc1C(=O)O. The first-order valence-corrected chi connectivity index (χ1v) is 8.78. The summed E-state index contributed by atoms with van der Waals surface area (Å²) >= 11 is 0. The Bertz CT molecular complexity index is 629. The Morgan fingerprint density at radius 1 is 1.27 bits per heavy atom. The number of rotatable bonds is 8. The number of carboxylic acids is 1. The van der Waals surface area contributed by atoms with Crippen molar-refractivity contribution in [2.24, 2.45) is 0 Å². The number of nitrogens with one attached hydrogen (secondary N) is 1. The lowest BCUT2D eigenvalue weighted by Crippen LogP contribution is -2.32. The van der Waals surface area contributed by atoms with E-state index >= 15 is 0 Å². The monoisotopic (exact) mass is 329 g/mol. The van der Waals surface area contributed by atoms with Crippen molar-refractivity contribution in [3.05, 3.63) is 23.8 Å². The minimum Gasteiger partial charge on any atom is -0.478 e. The van der Waals surface area contributed by atoms with Crippen molar-refractivity contribution >= 4 is 27.4 Å². The number of aromatic carboxylic acids is 1. The standard InChI is InChI=1S/C14H23N3O4S/c1-5-17(9-8-16(2)3)13-7-6-11(15-22(4,20)21)10-12(13)14(18)19/h6-7,10,15H,5,8-9H2,1-4H3,(H,18,19). The normalized spacial score (nSPS) is 11.5. The molecule has 124 valence electrons. The summed E-state index contributed by atoms with van der Waals surface area (Å²) in [6.07, 6.45) is 1.02. The molecule has 0 atom stereocenters. The Hall–Kier alpha value is -1.80. The molecule has 1 aromatic carbocycles. The van der Waals surface area contributed by atoms with Gasteiger partial charge in [0.15, 0.2) is 0 Å². The number of carbonyl (C=O) groups is 1. The van der Waals surface area contributed by atoms with Crippen molar-refractivity contribution in [1.29, 1.82) is 0 Å². The number of hydrogen-bond donors (Lipinski definition) is 2. The quantitative estimate of drug-likeness (QED) is 0.743. The molecule has 1 rings (SSSR count). The van der Waals surface area contributed by atoms with Crippen LogP contribution in [0.3, 0.4) is 0 Å². The highest BCUT2D eigenvalue weighted by atomic mass is 32.2. The molecule has 0 bridgehead atoms. The lowest BCUT2D eigenvalue weighted by atomic mass is 10.1. The van der Waals surface area contributed by atoms with E-state index in [1.807, 2.05) is 30.8 Å². The van der Waals surface area contributed by atoms with E-state index in [0.29, 0.717) is 18.8 Å². The van der Waals surface area contributed by atoms with Gasteiger partial charge in [0.2, 0.25) is 10.0 Å². The molecule has 0 aliphatic heterocycles. The van der Waals surface area contributed by atoms with Crippen molar-refractivity contribution in [2.75, 3.05) is 49.6 Å². The number of sulfonamides is 1. The molecule has 0 spiro atoms. The third-order valence-electron chi connectivity index (χ3n) is 3.07. The molecule has 0 saturated heterocycles. The van der Waals surface area contributed by atoms with Gasteiger partial charge >= 0.3 is 5.97 Å². The van der Waals surface area contributed by atoms with E-state index in [9.17, 15) is 18.3 Å². The topological polar surface area (TPSA) is 90.0 Å². The molecule has 0 saturated carbocycles. The van der Waals surface area contributed by atoms with Gasteiger partial charge in [0.1, 0.15) is 0 Å². The molecule has 0 aliphatic carbocycles. The zero-order valence-corrected chi connectivity index (χ0v) is 14.1. The van der Waals surface area contributed by atoms with Gasteiger partial charge in [-0.3, -0.25) is 4.72 Å². The third kappa shape index (κ3) is 5.53. The summed E-state index contributed by atoms with van der Waals surface area (Å²) in [6, 6.07) is 4.55. The fraction of sp³-hybridized carbons (Fsp3) is 0.500. The van der Waals surface area contributed by atoms with Gasteiger partial charge in [0, 0.05) is 25.3 Å². The fourth-order valence-corrected chi connectivity index (χ4v) is 2.59. The Morgan fingerprint density at radius 3 is 2.36 bits per heavy atom. The van der Waals surface area contributed by atoms with E-state index in [2.05, 4.69) is 4.72 Å². The number of carboxylic acid groups (broad SMARTS) is 1. The number of benzene rings is 1. The van der Waals surface area contributed by atoms with Gasteiger partial charge in [-0.2, -0.15) is 0 Å². The molecular weight excluding hydrogens is 306 g/mol. The van der Waals surface area contributed by atoms with Crippen LogP contribution < -0.4 is 9.62 Å². The highest BCUT2D eigenvalue weighted by molar-refractivity contribution is 7.92. The molecule has 0 heterocycles. The molecular formula is C14H23N3O4S. The largest absolute Gasteiger partial charge is 0.478 e. The van der Waals surface area contributed by atoms with Crippen LogP contribution in [-0.2, 0) is 10.0 Å². The second kappa shape index (κ2) is 7.46. The molecule has 0 aromatic heterocycles. The summed E-state index contributed by atoms with van der Waals surface area (Å²) in [4.78, 5) is 15.5. The summed E-state index contributed by atoms with van der Waals surface area (Å²) < 4.78 is 24.8. The van der Waals surface area contributed by atoms with E-state index in [1.165, 1.54) is 6.07 Å². The first kappa shape index (κ1) is 18.2. The van der Waals surface area contributed by atoms with Crippen LogP contribution in [0.1, 0.15) is 17.3 Å². The van der Waals surface area contributed by atoms with Crippen LogP contribution >= 0.6 is 0 Å². The van der Waals surface area contributed by atoms with Crippen LogP contribution in [0.5, 0.6) is 0 Å². The predicted molar refractivity (Wildman–Crippen MR) is 88.3 cm³/mol. The van der Waals surface area contributed by atoms with Crippen LogP contribution in [0.4, 0.5) is 11.4 Å². The molecule has 8 heteroatoms. The van der Waals surface area contributed by atoms with Crippen molar-refractivity contribution < 1.29 is 18.3 Å². The Balaban J connectivity index is 3.15. The maximum Gasteiger partial charge on any atom is 0.337 e. The van der Waals surface area contributed by atoms with Gasteiger partial charge < -0.3 is 14.9 Å². The molecule has 0 fully saturated rings. The van der Waals surface area contributed by atoms with E-state index in [0.717, 1.165) is 12.8 Å². The minimum absolute atomic E-state index is 0.0780. The average molecular weight is 329 g/mol. The van der Waals surface area contributed by atoms with Crippen molar-refractivity contribution in [3.63, 3.8) is 0 Å². The van der Waals surface area contributed by atoms with Crippen molar-refractivity contribution in [1.82, 2.24) is 4.90 Å². The number of hydrogen-bond acceptors (Lipinski definition) is 5. The molecule has 0 amide bonds. The second-order valence-electron chi connectivity index (χ2n) is 5.29. The second-order valence-corrected chi connectivity index (χ2v) is 7.04. The van der Waals surface area contributed by atoms with E-state index < -0.39 is 16.0 Å². The third-order valence-corrected chi connectivity index (χ3v) is 3.68. The van der Waals surface area contributed by atoms with Crippen LogP contribution in [0.25, 0.3) is 0 Å². The maximum absolute atomic E-state index is 11.5. The highest BCUT2D eigenvalue weighted by Crippen LogP contribution is 2.25. The van der Waals surface area contributed by atoms with Gasteiger partial charge in [-0.15, -0.1) is 0 Å². The lowest BCUT2D eigenvalue weighted by Gasteiger charge is -2.26. The fourth-order valence-electron chi connectivity index (χ4n) is 2.03. The molecule has 22 heavy (non-hydrogen) atoms. The smallest absolute Gasteiger partial charge is 0.337 e. The van der Waals surface area contributed by atoms with E-state index in [-0.39, 0.29) is 11.3 Å². The molecule has 1 aromatic rings. The van der Waals surface area contributed by atoms with Gasteiger partial charge in [-0.1, -0.05) is 0 Å². The first-order chi connectivity index (χ1) is 10.1. The zero-order chi connectivity index (χ0) is 16.9. The van der Waals surface area contributed by atoms with Crippen LogP contribution in [-0.4, -0.2) is 64.4 Å². The number of anilines is 2. The zero-order valence-electron chi connectivity index (χ0n) is 13.3. The van der Waals surface area contributed by atoms with Gasteiger partial charge in [0.25, 0.3) is 0 Å². The maximum atomic E-state index is 11.5. The number of nitrogens with zero attached hydrogens (tertiary/aromatic N) is 2. The first-order valence-electron chi connectivity index (χ1n) is 6.89. The summed E-state index contributed by atoms with van der Waals surface area (Å²) in [5.41, 5.74) is 0.900. The lowest BCUT2D eigenvalue weighted by molar-refractivity contribution is 0.0697. The van der Waals surface area contributed by atoms with Crippen molar-refractivity contribution in [2.45, 2.75) is 6.92 Å². The van der Waals surface area contributed by atoms with Gasteiger partial charge in [0.05, 0.1) is 17.5 Å². The Labute approximate surface area is 131 Å². The Kier molecular flexibility index (Phi) is 6.19. The van der Waals surface area contributed by atoms with E-state index in [1.54, 1.807) is 12.1 Å². The van der Waals surface area contributed by atoms with Crippen LogP contribution in [0, 0.1) is 0 Å². The molecule has 7 nitrogen and oxygen atoms in total. The number of likely N-dealkylation sites (N-methyl/N-ethyl adjacent to an activating group) is 2. The summed E-state index contributed by atoms with van der Waals surface area (Å²) in [7, 11) is 0.456. The molecule has 0 radical (unpaired) electrons. The van der Waals surface area contributed by atoms with Crippen LogP contribution in [0.15, 0.2) is 18.2 Å². The Morgan fingerprint density at radius 2 is 1.91 bits per heavy atom. The van der Waals surface area contributed by atoms with E-state index in [4.69, 9.17) is 0 Å². The average Bonchev–Trinajstić information content (AvgIpc) is 2.38. The highest BCUT2D eigenvalue weighted by Gasteiger charge is 2.17. The summed E-state index contributed by atoms with van der Waals surface area (Å²) in [5.74, 6) is -1.09. The molecule has 2 N–H and O–H groups in total. The van der Waals surface area contributed by atoms with Gasteiger partial charge in [-0.25, -0.2) is 13.2 Å². The summed E-state index contributed by atoms with van der Waals surface area (Å²) in [6.45, 7) is 4.08. The van der Waals surface area contributed by atoms with Crippen molar-refractivity contribution in [3.8, 4) is 0 Å². The molecule has 0 unspecified atom stereocenters. The molecule has 0 aliphatic rings.